The van der Waals surface area contributed by atoms with Crippen molar-refractivity contribution in [2.75, 3.05) is 0 Å². The Kier molecular flexibility index (Phi) is 7.80. The first-order valence-electron chi connectivity index (χ1n) is 21.2. The van der Waals surface area contributed by atoms with Crippen molar-refractivity contribution in [2.24, 2.45) is 0 Å². The van der Waals surface area contributed by atoms with Crippen LogP contribution >= 0.6 is 0 Å². The average molecular weight is 806 g/mol. The normalized spacial score (nSPS) is 11.8. The molecule has 13 aromatic rings. The minimum atomic E-state index is 0.772. The Hall–Kier alpha value is -8.61. The van der Waals surface area contributed by atoms with Crippen LogP contribution in [0.15, 0.2) is 217 Å². The van der Waals surface area contributed by atoms with E-state index >= 15 is 0 Å². The second-order valence-corrected chi connectivity index (χ2v) is 16.0. The van der Waals surface area contributed by atoms with Crippen molar-refractivity contribution in [1.82, 2.24) is 24.1 Å². The number of furan rings is 1. The van der Waals surface area contributed by atoms with Gasteiger partial charge in [0, 0.05) is 79.8 Å². The molecule has 0 aliphatic heterocycles. The zero-order chi connectivity index (χ0) is 41.4. The number of pyridine rings is 3. The molecule has 7 aromatic carbocycles. The molecule has 0 saturated carbocycles. The van der Waals surface area contributed by atoms with Gasteiger partial charge in [-0.3, -0.25) is 9.97 Å². The van der Waals surface area contributed by atoms with E-state index in [9.17, 15) is 0 Å². The summed E-state index contributed by atoms with van der Waals surface area (Å²) < 4.78 is 11.8. The Morgan fingerprint density at radius 2 is 0.810 bits per heavy atom. The van der Waals surface area contributed by atoms with Crippen LogP contribution in [0.3, 0.4) is 0 Å². The summed E-state index contributed by atoms with van der Waals surface area (Å²) in [4.78, 5) is 14.0. The van der Waals surface area contributed by atoms with Gasteiger partial charge in [-0.05, 0) is 95.6 Å². The van der Waals surface area contributed by atoms with Crippen molar-refractivity contribution in [2.45, 2.75) is 0 Å². The third-order valence-electron chi connectivity index (χ3n) is 12.5. The Bertz CT molecular complexity index is 3660. The number of hydrogen-bond donors (Lipinski definition) is 0. The van der Waals surface area contributed by atoms with E-state index in [0.29, 0.717) is 0 Å². The summed E-state index contributed by atoms with van der Waals surface area (Å²) in [6, 6.07) is 67.0. The first-order chi connectivity index (χ1) is 31.3. The Labute approximate surface area is 361 Å². The summed E-state index contributed by atoms with van der Waals surface area (Å²) >= 11 is 0. The van der Waals surface area contributed by atoms with Crippen LogP contribution in [-0.4, -0.2) is 24.1 Å². The van der Waals surface area contributed by atoms with Gasteiger partial charge in [0.25, 0.3) is 0 Å². The van der Waals surface area contributed by atoms with Crippen molar-refractivity contribution in [3.8, 4) is 56.2 Å². The van der Waals surface area contributed by atoms with Crippen LogP contribution in [0.4, 0.5) is 0 Å². The molecule has 6 heterocycles. The SMILES string of the molecule is c1ccc2c(c1)nc(-c1ccc(-c3cc(-n4c5ccccc5c5ccccc54)cc(-n4c5ccccc5c5ccccc54)c3)cc1)c1c(-c3ccncc3)c(-c3ccncc3)oc12. The van der Waals surface area contributed by atoms with Crippen molar-refractivity contribution < 1.29 is 4.42 Å². The van der Waals surface area contributed by atoms with Gasteiger partial charge >= 0.3 is 0 Å². The molecule has 0 saturated heterocycles. The lowest BCUT2D eigenvalue weighted by Gasteiger charge is -2.16. The van der Waals surface area contributed by atoms with E-state index in [4.69, 9.17) is 9.40 Å². The van der Waals surface area contributed by atoms with Crippen LogP contribution in [0, 0.1) is 0 Å². The molecule has 13 rings (SSSR count). The van der Waals surface area contributed by atoms with Crippen LogP contribution in [0.1, 0.15) is 0 Å². The van der Waals surface area contributed by atoms with E-state index in [-0.39, 0.29) is 0 Å². The van der Waals surface area contributed by atoms with Crippen LogP contribution in [0.2, 0.25) is 0 Å². The molecule has 6 heteroatoms. The molecule has 0 unspecified atom stereocenters. The Morgan fingerprint density at radius 3 is 1.33 bits per heavy atom. The smallest absolute Gasteiger partial charge is 0.147 e. The fourth-order valence-electron chi connectivity index (χ4n) is 9.74. The topological polar surface area (TPSA) is 61.7 Å². The van der Waals surface area contributed by atoms with Crippen LogP contribution in [0.5, 0.6) is 0 Å². The van der Waals surface area contributed by atoms with Crippen LogP contribution in [-0.2, 0) is 0 Å². The van der Waals surface area contributed by atoms with E-state index in [0.717, 1.165) is 78.1 Å². The number of para-hydroxylation sites is 5. The highest BCUT2D eigenvalue weighted by molar-refractivity contribution is 6.17. The highest BCUT2D eigenvalue weighted by atomic mass is 16.3. The molecule has 6 nitrogen and oxygen atoms in total. The zero-order valence-corrected chi connectivity index (χ0v) is 33.9. The summed E-state index contributed by atoms with van der Waals surface area (Å²) in [5.41, 5.74) is 15.5. The van der Waals surface area contributed by atoms with Gasteiger partial charge in [-0.1, -0.05) is 109 Å². The van der Waals surface area contributed by atoms with Crippen LogP contribution < -0.4 is 0 Å². The van der Waals surface area contributed by atoms with E-state index in [1.54, 1.807) is 12.4 Å². The quantitative estimate of drug-likeness (QED) is 0.168. The number of rotatable bonds is 6. The molecular formula is C57H35N5O. The lowest BCUT2D eigenvalue weighted by molar-refractivity contribution is 0.635. The zero-order valence-electron chi connectivity index (χ0n) is 33.9. The highest BCUT2D eigenvalue weighted by Gasteiger charge is 2.25. The highest BCUT2D eigenvalue weighted by Crippen LogP contribution is 2.47. The number of hydrogen-bond acceptors (Lipinski definition) is 4. The maximum atomic E-state index is 6.93. The number of aromatic nitrogens is 5. The Morgan fingerprint density at radius 1 is 0.365 bits per heavy atom. The summed E-state index contributed by atoms with van der Waals surface area (Å²) in [6.07, 6.45) is 7.26. The molecule has 294 valence electrons. The molecular weight excluding hydrogens is 771 g/mol. The fourth-order valence-corrected chi connectivity index (χ4v) is 9.74. The third kappa shape index (κ3) is 5.48. The maximum Gasteiger partial charge on any atom is 0.147 e. The molecule has 63 heavy (non-hydrogen) atoms. The van der Waals surface area contributed by atoms with E-state index in [2.05, 4.69) is 171 Å². The summed E-state index contributed by atoms with van der Waals surface area (Å²) in [5, 5.41) is 6.84. The van der Waals surface area contributed by atoms with Crippen LogP contribution in [0.25, 0.3) is 122 Å². The lowest BCUT2D eigenvalue weighted by atomic mass is 9.94. The van der Waals surface area contributed by atoms with Gasteiger partial charge in [0.2, 0.25) is 0 Å². The standard InChI is InChI=1S/C57H35N5O/c1-6-16-48-47(15-1)57-54(53(37-25-29-58-30-26-37)56(63-57)39-27-31-59-32-28-39)55(60-48)38-23-21-36(22-24-38)40-33-41(61-49-17-7-2-11-43(49)44-12-3-8-18-50(44)61)35-42(34-40)62-51-19-9-4-13-45(51)46-14-5-10-20-52(46)62/h1-35H. The van der Waals surface area contributed by atoms with Gasteiger partial charge in [-0.2, -0.15) is 0 Å². The van der Waals surface area contributed by atoms with Gasteiger partial charge in [-0.15, -0.1) is 0 Å². The molecule has 0 spiro atoms. The molecule has 6 aromatic heterocycles. The molecule has 0 aliphatic carbocycles. The first-order valence-corrected chi connectivity index (χ1v) is 21.2. The van der Waals surface area contributed by atoms with Crippen molar-refractivity contribution in [1.29, 1.82) is 0 Å². The molecule has 0 bridgehead atoms. The first kappa shape index (κ1) is 35.2. The van der Waals surface area contributed by atoms with E-state index < -0.39 is 0 Å². The summed E-state index contributed by atoms with van der Waals surface area (Å²) in [6.45, 7) is 0. The predicted octanol–water partition coefficient (Wildman–Crippen LogP) is 14.6. The van der Waals surface area contributed by atoms with Gasteiger partial charge in [-0.25, -0.2) is 4.98 Å². The third-order valence-corrected chi connectivity index (χ3v) is 12.5. The fraction of sp³-hybridized carbons (Fsp3) is 0. The molecule has 0 atom stereocenters. The van der Waals surface area contributed by atoms with Crippen molar-refractivity contribution >= 4 is 65.5 Å². The van der Waals surface area contributed by atoms with Gasteiger partial charge in [0.1, 0.15) is 11.3 Å². The summed E-state index contributed by atoms with van der Waals surface area (Å²) in [5.74, 6) is 0.772. The predicted molar refractivity (Wildman–Crippen MR) is 258 cm³/mol. The number of nitrogens with zero attached hydrogens (tertiary/aromatic N) is 5. The summed E-state index contributed by atoms with van der Waals surface area (Å²) in [7, 11) is 0. The Balaban J connectivity index is 1.05. The monoisotopic (exact) mass is 805 g/mol. The molecule has 0 amide bonds. The average Bonchev–Trinajstić information content (AvgIpc) is 4.03. The maximum absolute atomic E-state index is 6.93. The van der Waals surface area contributed by atoms with Crippen molar-refractivity contribution in [3.05, 3.63) is 213 Å². The molecule has 0 aliphatic rings. The molecule has 0 N–H and O–H groups in total. The van der Waals surface area contributed by atoms with E-state index in [1.165, 1.54) is 43.6 Å². The number of fused-ring (bicyclic) bond motifs is 9. The lowest BCUT2D eigenvalue weighted by Crippen LogP contribution is -2.00. The van der Waals surface area contributed by atoms with Crippen molar-refractivity contribution in [3.63, 3.8) is 0 Å². The van der Waals surface area contributed by atoms with E-state index in [1.807, 2.05) is 48.8 Å². The number of benzene rings is 7. The van der Waals surface area contributed by atoms with Gasteiger partial charge in [0.05, 0.1) is 38.7 Å². The van der Waals surface area contributed by atoms with Gasteiger partial charge in [0.15, 0.2) is 0 Å². The second kappa shape index (κ2) is 14.0. The molecule has 0 fully saturated rings. The minimum Gasteiger partial charge on any atom is -0.455 e. The minimum absolute atomic E-state index is 0.772. The molecule has 0 radical (unpaired) electrons. The largest absolute Gasteiger partial charge is 0.455 e. The van der Waals surface area contributed by atoms with Gasteiger partial charge < -0.3 is 13.6 Å². The second-order valence-electron chi connectivity index (χ2n) is 16.0.